The van der Waals surface area contributed by atoms with Gasteiger partial charge in [-0.3, -0.25) is 9.59 Å². The highest BCUT2D eigenvalue weighted by molar-refractivity contribution is 5.90. The third-order valence-electron chi connectivity index (χ3n) is 2.84. The summed E-state index contributed by atoms with van der Waals surface area (Å²) in [6.07, 6.45) is 0.646. The lowest BCUT2D eigenvalue weighted by Crippen LogP contribution is -2.40. The Hall–Kier alpha value is -0.900. The summed E-state index contributed by atoms with van der Waals surface area (Å²) in [4.78, 5) is 22.7. The minimum Gasteiger partial charge on any atom is -0.469 e. The Labute approximate surface area is 90.4 Å². The van der Waals surface area contributed by atoms with Crippen molar-refractivity contribution in [2.24, 2.45) is 5.41 Å². The Morgan fingerprint density at radius 1 is 1.53 bits per heavy atom. The number of carbonyl (C=O) groups excluding carboxylic acids is 2. The van der Waals surface area contributed by atoms with Crippen LogP contribution in [-0.2, 0) is 14.3 Å². The molecule has 0 bridgehead atoms. The number of methoxy groups -OCH3 is 1. The molecule has 4 heteroatoms. The molecule has 1 rings (SSSR count). The minimum absolute atomic E-state index is 0.0422. The van der Waals surface area contributed by atoms with Crippen molar-refractivity contribution in [3.05, 3.63) is 0 Å². The number of esters is 1. The van der Waals surface area contributed by atoms with Crippen molar-refractivity contribution in [3.8, 4) is 0 Å². The van der Waals surface area contributed by atoms with Gasteiger partial charge >= 0.3 is 5.97 Å². The molecule has 0 aromatic heterocycles. The Morgan fingerprint density at radius 2 is 2.13 bits per heavy atom. The van der Waals surface area contributed by atoms with Crippen LogP contribution in [0.5, 0.6) is 0 Å². The van der Waals surface area contributed by atoms with Gasteiger partial charge in [-0.15, -0.1) is 0 Å². The molecule has 1 fully saturated rings. The average molecular weight is 213 g/mol. The smallest absolute Gasteiger partial charge is 0.307 e. The number of rotatable bonds is 2. The lowest BCUT2D eigenvalue weighted by atomic mass is 9.86. The summed E-state index contributed by atoms with van der Waals surface area (Å²) in [5, 5.41) is 3.20. The molecule has 1 aliphatic heterocycles. The van der Waals surface area contributed by atoms with Gasteiger partial charge in [-0.05, 0) is 5.41 Å². The van der Waals surface area contributed by atoms with Gasteiger partial charge in [0.05, 0.1) is 19.6 Å². The lowest BCUT2D eigenvalue weighted by Gasteiger charge is -2.26. The first-order valence-electron chi connectivity index (χ1n) is 5.20. The van der Waals surface area contributed by atoms with Gasteiger partial charge in [0, 0.05) is 12.5 Å². The van der Waals surface area contributed by atoms with Gasteiger partial charge in [0.1, 0.15) is 0 Å². The summed E-state index contributed by atoms with van der Waals surface area (Å²) < 4.78 is 4.55. The number of carbonyl (C=O) groups is 2. The molecule has 0 spiro atoms. The minimum atomic E-state index is -0.360. The molecular weight excluding hydrogens is 194 g/mol. The molecule has 0 aromatic carbocycles. The van der Waals surface area contributed by atoms with E-state index in [9.17, 15) is 9.59 Å². The SMILES string of the molecule is COC(=O)C[C@@H]1N[C@H](C(C)(C)C)CC1=O. The Balaban J connectivity index is 2.57. The van der Waals surface area contributed by atoms with E-state index in [0.29, 0.717) is 6.42 Å². The number of hydrogen-bond donors (Lipinski definition) is 1. The third kappa shape index (κ3) is 3.02. The van der Waals surface area contributed by atoms with Crippen LogP contribution >= 0.6 is 0 Å². The predicted octanol–water partition coefficient (Wildman–Crippen LogP) is 0.895. The molecule has 4 nitrogen and oxygen atoms in total. The van der Waals surface area contributed by atoms with E-state index in [0.717, 1.165) is 0 Å². The normalized spacial score (nSPS) is 26.8. The van der Waals surface area contributed by atoms with Crippen molar-refractivity contribution >= 4 is 11.8 Å². The maximum absolute atomic E-state index is 11.6. The van der Waals surface area contributed by atoms with Crippen LogP contribution in [0, 0.1) is 5.41 Å². The number of ether oxygens (including phenoxy) is 1. The fourth-order valence-electron chi connectivity index (χ4n) is 1.72. The molecule has 0 unspecified atom stereocenters. The Kier molecular flexibility index (Phi) is 3.50. The Bertz CT molecular complexity index is 267. The van der Waals surface area contributed by atoms with Crippen molar-refractivity contribution in [3.63, 3.8) is 0 Å². The van der Waals surface area contributed by atoms with Crippen LogP contribution in [0.15, 0.2) is 0 Å². The summed E-state index contributed by atoms with van der Waals surface area (Å²) in [7, 11) is 1.34. The monoisotopic (exact) mass is 213 g/mol. The van der Waals surface area contributed by atoms with Gasteiger partial charge in [-0.25, -0.2) is 0 Å². The molecule has 2 atom stereocenters. The zero-order valence-corrected chi connectivity index (χ0v) is 9.79. The molecule has 0 amide bonds. The van der Waals surface area contributed by atoms with E-state index < -0.39 is 0 Å². The van der Waals surface area contributed by atoms with Gasteiger partial charge in [0.25, 0.3) is 0 Å². The quantitative estimate of drug-likeness (QED) is 0.692. The molecule has 1 aliphatic rings. The van der Waals surface area contributed by atoms with E-state index in [4.69, 9.17) is 0 Å². The summed E-state index contributed by atoms with van der Waals surface area (Å²) in [5.41, 5.74) is 0.0422. The summed E-state index contributed by atoms with van der Waals surface area (Å²) >= 11 is 0. The molecule has 0 aromatic rings. The molecule has 0 saturated carbocycles. The third-order valence-corrected chi connectivity index (χ3v) is 2.84. The first-order chi connectivity index (χ1) is 6.84. The van der Waals surface area contributed by atoms with Crippen molar-refractivity contribution in [1.82, 2.24) is 5.32 Å². The fraction of sp³-hybridized carbons (Fsp3) is 0.818. The van der Waals surface area contributed by atoms with Gasteiger partial charge in [0.2, 0.25) is 0 Å². The van der Waals surface area contributed by atoms with Gasteiger partial charge < -0.3 is 10.1 Å². The van der Waals surface area contributed by atoms with Crippen LogP contribution in [0.4, 0.5) is 0 Å². The van der Waals surface area contributed by atoms with E-state index in [-0.39, 0.29) is 35.7 Å². The molecule has 0 radical (unpaired) electrons. The summed E-state index contributed by atoms with van der Waals surface area (Å²) in [6.45, 7) is 6.25. The van der Waals surface area contributed by atoms with E-state index >= 15 is 0 Å². The molecule has 15 heavy (non-hydrogen) atoms. The average Bonchev–Trinajstić information content (AvgIpc) is 2.47. The fourth-order valence-corrected chi connectivity index (χ4v) is 1.72. The maximum atomic E-state index is 11.6. The Morgan fingerprint density at radius 3 is 2.53 bits per heavy atom. The molecule has 0 aliphatic carbocycles. The van der Waals surface area contributed by atoms with Crippen molar-refractivity contribution in [2.75, 3.05) is 7.11 Å². The number of Topliss-reactive ketones (excluding diaryl/α,β-unsaturated/α-hetero) is 1. The van der Waals surface area contributed by atoms with Crippen molar-refractivity contribution < 1.29 is 14.3 Å². The molecule has 1 saturated heterocycles. The maximum Gasteiger partial charge on any atom is 0.307 e. The predicted molar refractivity (Wildman–Crippen MR) is 56.4 cm³/mol. The molecule has 1 heterocycles. The molecule has 1 N–H and O–H groups in total. The largest absolute Gasteiger partial charge is 0.469 e. The van der Waals surface area contributed by atoms with Crippen LogP contribution in [0.3, 0.4) is 0 Å². The van der Waals surface area contributed by atoms with Crippen LogP contribution in [-0.4, -0.2) is 30.9 Å². The van der Waals surface area contributed by atoms with E-state index in [1.54, 1.807) is 0 Å². The van der Waals surface area contributed by atoms with E-state index in [1.165, 1.54) is 7.11 Å². The first kappa shape index (κ1) is 12.2. The van der Waals surface area contributed by atoms with Gasteiger partial charge in [-0.2, -0.15) is 0 Å². The highest BCUT2D eigenvalue weighted by Crippen LogP contribution is 2.27. The molecular formula is C11H19NO3. The van der Waals surface area contributed by atoms with Crippen LogP contribution in [0.25, 0.3) is 0 Å². The van der Waals surface area contributed by atoms with Crippen LogP contribution < -0.4 is 5.32 Å². The second-order valence-electron chi connectivity index (χ2n) is 5.09. The van der Waals surface area contributed by atoms with Crippen LogP contribution in [0.1, 0.15) is 33.6 Å². The second-order valence-corrected chi connectivity index (χ2v) is 5.09. The number of nitrogens with one attached hydrogen (secondary N) is 1. The highest BCUT2D eigenvalue weighted by atomic mass is 16.5. The highest BCUT2D eigenvalue weighted by Gasteiger charge is 2.38. The van der Waals surface area contributed by atoms with E-state index in [1.807, 2.05) is 0 Å². The topological polar surface area (TPSA) is 55.4 Å². The van der Waals surface area contributed by atoms with Gasteiger partial charge in [-0.1, -0.05) is 20.8 Å². The second kappa shape index (κ2) is 4.31. The van der Waals surface area contributed by atoms with E-state index in [2.05, 4.69) is 30.8 Å². The number of hydrogen-bond acceptors (Lipinski definition) is 4. The van der Waals surface area contributed by atoms with Crippen molar-refractivity contribution in [1.29, 1.82) is 0 Å². The number of ketones is 1. The summed E-state index contributed by atoms with van der Waals surface area (Å²) in [5.74, 6) is -0.226. The standard InChI is InChI=1S/C11H19NO3/c1-11(2,3)9-6-8(13)7(12-9)5-10(14)15-4/h7,9,12H,5-6H2,1-4H3/t7-,9-/m0/s1. The van der Waals surface area contributed by atoms with Gasteiger partial charge in [0.15, 0.2) is 5.78 Å². The summed E-state index contributed by atoms with van der Waals surface area (Å²) in [6, 6.07) is -0.207. The molecule has 86 valence electrons. The zero-order chi connectivity index (χ0) is 11.6. The zero-order valence-electron chi connectivity index (χ0n) is 9.79. The van der Waals surface area contributed by atoms with Crippen LogP contribution in [0.2, 0.25) is 0 Å². The lowest BCUT2D eigenvalue weighted by molar-refractivity contribution is -0.142. The first-order valence-corrected chi connectivity index (χ1v) is 5.20. The van der Waals surface area contributed by atoms with Crippen molar-refractivity contribution in [2.45, 2.75) is 45.7 Å².